The molecule has 0 fully saturated rings. The van der Waals surface area contributed by atoms with Crippen LogP contribution in [0.15, 0.2) is 36.4 Å². The van der Waals surface area contributed by atoms with Gasteiger partial charge in [-0.3, -0.25) is 20.2 Å². The Bertz CT molecular complexity index is 766. The van der Waals surface area contributed by atoms with Crippen molar-refractivity contribution in [2.75, 3.05) is 5.32 Å². The zero-order valence-electron chi connectivity index (χ0n) is 11.8. The van der Waals surface area contributed by atoms with Crippen molar-refractivity contribution in [1.82, 2.24) is 0 Å². The number of rotatable bonds is 5. The highest BCUT2D eigenvalue weighted by atomic mass is 16.6. The molecule has 2 aromatic rings. The van der Waals surface area contributed by atoms with Gasteiger partial charge in [-0.1, -0.05) is 17.7 Å². The quantitative estimate of drug-likeness (QED) is 0.638. The molecule has 2 rings (SSSR count). The van der Waals surface area contributed by atoms with Crippen LogP contribution < -0.4 is 5.32 Å². The Labute approximate surface area is 129 Å². The van der Waals surface area contributed by atoms with Crippen LogP contribution in [0.2, 0.25) is 0 Å². The molecule has 0 radical (unpaired) electrons. The summed E-state index contributed by atoms with van der Waals surface area (Å²) in [6.45, 7) is 1.85. The number of benzene rings is 2. The molecule has 9 heteroatoms. The van der Waals surface area contributed by atoms with E-state index in [0.29, 0.717) is 5.69 Å². The van der Waals surface area contributed by atoms with E-state index in [1.165, 1.54) is 0 Å². The molecule has 0 saturated carbocycles. The van der Waals surface area contributed by atoms with Crippen molar-refractivity contribution in [1.29, 1.82) is 0 Å². The molecule has 23 heavy (non-hydrogen) atoms. The molecule has 2 aromatic carbocycles. The van der Waals surface area contributed by atoms with Crippen LogP contribution in [0.1, 0.15) is 15.9 Å². The van der Waals surface area contributed by atoms with Gasteiger partial charge >= 0.3 is 5.97 Å². The van der Waals surface area contributed by atoms with Crippen LogP contribution in [0, 0.1) is 27.2 Å². The molecule has 0 saturated heterocycles. The number of nitro groups is 2. The first-order chi connectivity index (χ1) is 10.8. The zero-order valence-corrected chi connectivity index (χ0v) is 11.8. The molecule has 0 bridgehead atoms. The van der Waals surface area contributed by atoms with Crippen molar-refractivity contribution < 1.29 is 19.7 Å². The molecule has 0 unspecified atom stereocenters. The van der Waals surface area contributed by atoms with E-state index in [0.717, 1.165) is 17.7 Å². The Hall–Kier alpha value is -3.49. The second-order valence-corrected chi connectivity index (χ2v) is 4.70. The lowest BCUT2D eigenvalue weighted by Crippen LogP contribution is -2.07. The molecule has 9 nitrogen and oxygen atoms in total. The van der Waals surface area contributed by atoms with Crippen LogP contribution >= 0.6 is 0 Å². The van der Waals surface area contributed by atoms with E-state index in [-0.39, 0.29) is 5.69 Å². The van der Waals surface area contributed by atoms with Crippen LogP contribution in [0.4, 0.5) is 22.7 Å². The molecule has 0 amide bonds. The van der Waals surface area contributed by atoms with Gasteiger partial charge in [-0.25, -0.2) is 4.79 Å². The number of aromatic carboxylic acids is 1. The first kappa shape index (κ1) is 15.9. The predicted octanol–water partition coefficient (Wildman–Crippen LogP) is 3.25. The van der Waals surface area contributed by atoms with Crippen molar-refractivity contribution in [3.8, 4) is 0 Å². The fraction of sp³-hybridized carbons (Fsp3) is 0.0714. The Balaban J connectivity index is 2.63. The molecule has 0 heterocycles. The van der Waals surface area contributed by atoms with Gasteiger partial charge in [0.2, 0.25) is 0 Å². The fourth-order valence-electron chi connectivity index (χ4n) is 1.94. The molecule has 2 N–H and O–H groups in total. The summed E-state index contributed by atoms with van der Waals surface area (Å²) in [6.07, 6.45) is 0. The number of hydrogen-bond acceptors (Lipinski definition) is 6. The summed E-state index contributed by atoms with van der Waals surface area (Å²) in [5.41, 5.74) is -0.827. The van der Waals surface area contributed by atoms with E-state index in [1.807, 2.05) is 6.92 Å². The van der Waals surface area contributed by atoms with Gasteiger partial charge in [0.15, 0.2) is 0 Å². The molecule has 0 aliphatic heterocycles. The van der Waals surface area contributed by atoms with E-state index in [2.05, 4.69) is 5.32 Å². The average Bonchev–Trinajstić information content (AvgIpc) is 2.48. The Morgan fingerprint density at radius 2 is 1.70 bits per heavy atom. The van der Waals surface area contributed by atoms with Crippen LogP contribution in [-0.2, 0) is 0 Å². The van der Waals surface area contributed by atoms with Crippen LogP contribution in [0.25, 0.3) is 0 Å². The number of carboxylic acid groups (broad SMARTS) is 1. The average molecular weight is 317 g/mol. The molecule has 0 aromatic heterocycles. The van der Waals surface area contributed by atoms with E-state index >= 15 is 0 Å². The number of non-ortho nitro benzene ring substituents is 1. The Kier molecular flexibility index (Phi) is 4.21. The van der Waals surface area contributed by atoms with Gasteiger partial charge in [-0.2, -0.15) is 0 Å². The highest BCUT2D eigenvalue weighted by molar-refractivity contribution is 5.99. The summed E-state index contributed by atoms with van der Waals surface area (Å²) in [6, 6.07) is 8.22. The molecule has 0 aliphatic carbocycles. The molecular weight excluding hydrogens is 306 g/mol. The minimum absolute atomic E-state index is 0.308. The van der Waals surface area contributed by atoms with Crippen molar-refractivity contribution in [2.24, 2.45) is 0 Å². The first-order valence-corrected chi connectivity index (χ1v) is 6.33. The van der Waals surface area contributed by atoms with Gasteiger partial charge in [0.25, 0.3) is 11.4 Å². The summed E-state index contributed by atoms with van der Waals surface area (Å²) in [4.78, 5) is 31.6. The normalized spacial score (nSPS) is 10.1. The summed E-state index contributed by atoms with van der Waals surface area (Å²) >= 11 is 0. The minimum Gasteiger partial charge on any atom is -0.478 e. The van der Waals surface area contributed by atoms with Gasteiger partial charge in [-0.15, -0.1) is 0 Å². The van der Waals surface area contributed by atoms with Crippen molar-refractivity contribution in [2.45, 2.75) is 6.92 Å². The van der Waals surface area contributed by atoms with E-state index < -0.39 is 32.8 Å². The van der Waals surface area contributed by atoms with Crippen LogP contribution in [0.5, 0.6) is 0 Å². The van der Waals surface area contributed by atoms with Gasteiger partial charge in [0, 0.05) is 11.8 Å². The second kappa shape index (κ2) is 6.10. The van der Waals surface area contributed by atoms with Gasteiger partial charge in [-0.05, 0) is 19.1 Å². The maximum Gasteiger partial charge on any atom is 0.338 e. The van der Waals surface area contributed by atoms with E-state index in [1.54, 1.807) is 24.3 Å². The van der Waals surface area contributed by atoms with Gasteiger partial charge in [0.05, 0.1) is 21.5 Å². The maximum atomic E-state index is 11.3. The number of nitrogens with one attached hydrogen (secondary N) is 1. The summed E-state index contributed by atoms with van der Waals surface area (Å²) in [5, 5.41) is 33.9. The monoisotopic (exact) mass is 317 g/mol. The standard InChI is InChI=1S/C14H11N3O6/c1-8-2-4-9(5-3-8)15-13-11(14(18)19)6-10(16(20)21)7-12(13)17(22)23/h2-7,15H,1H3,(H,18,19). The second-order valence-electron chi connectivity index (χ2n) is 4.70. The molecule has 118 valence electrons. The molecular formula is C14H11N3O6. The van der Waals surface area contributed by atoms with E-state index in [9.17, 15) is 30.1 Å². The third-order valence-electron chi connectivity index (χ3n) is 3.06. The van der Waals surface area contributed by atoms with Crippen molar-refractivity contribution in [3.05, 3.63) is 67.8 Å². The highest BCUT2D eigenvalue weighted by Crippen LogP contribution is 2.35. The summed E-state index contributed by atoms with van der Waals surface area (Å²) < 4.78 is 0. The third-order valence-corrected chi connectivity index (χ3v) is 3.06. The van der Waals surface area contributed by atoms with Crippen LogP contribution in [0.3, 0.4) is 0 Å². The van der Waals surface area contributed by atoms with Crippen molar-refractivity contribution >= 4 is 28.7 Å². The number of nitrogens with zero attached hydrogens (tertiary/aromatic N) is 2. The number of aryl methyl sites for hydroxylation is 1. The lowest BCUT2D eigenvalue weighted by Gasteiger charge is -2.10. The topological polar surface area (TPSA) is 136 Å². The minimum atomic E-state index is -1.51. The van der Waals surface area contributed by atoms with Gasteiger partial charge in [0.1, 0.15) is 5.69 Å². The Morgan fingerprint density at radius 1 is 1.09 bits per heavy atom. The fourth-order valence-corrected chi connectivity index (χ4v) is 1.94. The zero-order chi connectivity index (χ0) is 17.1. The van der Waals surface area contributed by atoms with E-state index in [4.69, 9.17) is 0 Å². The van der Waals surface area contributed by atoms with Gasteiger partial charge < -0.3 is 10.4 Å². The first-order valence-electron chi connectivity index (χ1n) is 6.33. The number of carboxylic acids is 1. The number of nitro benzene ring substituents is 2. The Morgan fingerprint density at radius 3 is 2.17 bits per heavy atom. The lowest BCUT2D eigenvalue weighted by atomic mass is 10.1. The molecule has 0 spiro atoms. The highest BCUT2D eigenvalue weighted by Gasteiger charge is 2.27. The smallest absolute Gasteiger partial charge is 0.338 e. The summed E-state index contributed by atoms with van der Waals surface area (Å²) in [5.74, 6) is -1.51. The SMILES string of the molecule is Cc1ccc(Nc2c(C(=O)O)cc([N+](=O)[O-])cc2[N+](=O)[O-])cc1. The largest absolute Gasteiger partial charge is 0.478 e. The third kappa shape index (κ3) is 3.40. The number of hydrogen-bond donors (Lipinski definition) is 2. The maximum absolute atomic E-state index is 11.3. The predicted molar refractivity (Wildman–Crippen MR) is 81.2 cm³/mol. The van der Waals surface area contributed by atoms with Crippen molar-refractivity contribution in [3.63, 3.8) is 0 Å². The van der Waals surface area contributed by atoms with Crippen LogP contribution in [-0.4, -0.2) is 20.9 Å². The lowest BCUT2D eigenvalue weighted by molar-refractivity contribution is -0.393. The molecule has 0 atom stereocenters. The number of carbonyl (C=O) groups is 1. The summed E-state index contributed by atoms with van der Waals surface area (Å²) in [7, 11) is 0. The number of anilines is 2. The molecule has 0 aliphatic rings.